The normalized spacial score (nSPS) is 19.0. The van der Waals surface area contributed by atoms with Crippen molar-refractivity contribution in [3.8, 4) is 0 Å². The first-order valence-electron chi connectivity index (χ1n) is 9.07. The van der Waals surface area contributed by atoms with Crippen molar-refractivity contribution in [3.63, 3.8) is 0 Å². The molecule has 2 aromatic carbocycles. The van der Waals surface area contributed by atoms with Gasteiger partial charge in [0.1, 0.15) is 5.82 Å². The van der Waals surface area contributed by atoms with Crippen LogP contribution in [0.5, 0.6) is 0 Å². The summed E-state index contributed by atoms with van der Waals surface area (Å²) in [7, 11) is -0.447. The van der Waals surface area contributed by atoms with Crippen molar-refractivity contribution in [3.05, 3.63) is 65.5 Å². The van der Waals surface area contributed by atoms with E-state index in [4.69, 9.17) is 9.31 Å². The fourth-order valence-corrected chi connectivity index (χ4v) is 3.07. The maximum absolute atomic E-state index is 13.6. The van der Waals surface area contributed by atoms with Crippen molar-refractivity contribution >= 4 is 18.5 Å². The molecule has 6 heteroatoms. The van der Waals surface area contributed by atoms with Crippen LogP contribution in [-0.4, -0.2) is 24.2 Å². The van der Waals surface area contributed by atoms with E-state index in [1.807, 2.05) is 52.0 Å². The molecule has 1 aliphatic rings. The van der Waals surface area contributed by atoms with Gasteiger partial charge in [-0.25, -0.2) is 4.39 Å². The Bertz CT molecular complexity index is 820. The lowest BCUT2D eigenvalue weighted by Gasteiger charge is -2.32. The van der Waals surface area contributed by atoms with Gasteiger partial charge in [0.2, 0.25) is 5.91 Å². The van der Waals surface area contributed by atoms with E-state index >= 15 is 0 Å². The number of carbonyl (C=O) groups is 1. The molecular weight excluding hydrogens is 344 g/mol. The van der Waals surface area contributed by atoms with Crippen LogP contribution in [0.15, 0.2) is 48.5 Å². The molecule has 1 amide bonds. The topological polar surface area (TPSA) is 47.6 Å². The van der Waals surface area contributed by atoms with Crippen LogP contribution in [0.2, 0.25) is 0 Å². The first-order chi connectivity index (χ1) is 12.6. The minimum Gasteiger partial charge on any atom is -0.399 e. The summed E-state index contributed by atoms with van der Waals surface area (Å²) in [5, 5.41) is 2.89. The van der Waals surface area contributed by atoms with E-state index in [1.165, 1.54) is 19.1 Å². The van der Waals surface area contributed by atoms with Crippen LogP contribution in [0, 0.1) is 5.82 Å². The van der Waals surface area contributed by atoms with Crippen LogP contribution in [0.25, 0.3) is 0 Å². The maximum atomic E-state index is 13.6. The highest BCUT2D eigenvalue weighted by molar-refractivity contribution is 6.62. The molecule has 1 fully saturated rings. The van der Waals surface area contributed by atoms with Crippen LogP contribution >= 0.6 is 0 Å². The summed E-state index contributed by atoms with van der Waals surface area (Å²) in [6.45, 7) is 9.50. The molecule has 1 aliphatic heterocycles. The standard InChI is InChI=1S/C21H25BFNO3/c1-14(25)24-19(16-7-6-8-18(23)13-16)15-9-11-17(12-10-15)22-26-20(2,3)21(4,5)27-22/h6-13,19H,1-5H3,(H,24,25)/t19-/m1/s1. The van der Waals surface area contributed by atoms with Gasteiger partial charge < -0.3 is 14.6 Å². The number of nitrogens with one attached hydrogen (secondary N) is 1. The highest BCUT2D eigenvalue weighted by Gasteiger charge is 2.51. The van der Waals surface area contributed by atoms with E-state index in [1.54, 1.807) is 12.1 Å². The van der Waals surface area contributed by atoms with E-state index in [0.717, 1.165) is 11.0 Å². The summed E-state index contributed by atoms with van der Waals surface area (Å²) in [6, 6.07) is 13.5. The lowest BCUT2D eigenvalue weighted by Crippen LogP contribution is -2.41. The molecule has 2 aromatic rings. The molecule has 4 nitrogen and oxygen atoms in total. The lowest BCUT2D eigenvalue weighted by molar-refractivity contribution is -0.119. The van der Waals surface area contributed by atoms with Crippen molar-refractivity contribution in [2.24, 2.45) is 0 Å². The molecule has 0 spiro atoms. The van der Waals surface area contributed by atoms with E-state index in [9.17, 15) is 9.18 Å². The van der Waals surface area contributed by atoms with Gasteiger partial charge in [-0.1, -0.05) is 36.4 Å². The Morgan fingerprint density at radius 2 is 1.59 bits per heavy atom. The maximum Gasteiger partial charge on any atom is 0.494 e. The quantitative estimate of drug-likeness (QED) is 0.841. The van der Waals surface area contributed by atoms with Gasteiger partial charge in [0.05, 0.1) is 17.2 Å². The number of rotatable bonds is 4. The van der Waals surface area contributed by atoms with Crippen molar-refractivity contribution in [2.45, 2.75) is 51.9 Å². The average Bonchev–Trinajstić information content (AvgIpc) is 2.80. The third-order valence-electron chi connectivity index (χ3n) is 5.32. The number of benzene rings is 2. The molecule has 0 unspecified atom stereocenters. The number of amides is 1. The second-order valence-corrected chi connectivity index (χ2v) is 7.94. The number of halogens is 1. The summed E-state index contributed by atoms with van der Waals surface area (Å²) in [5.74, 6) is -0.518. The predicted octanol–water partition coefficient (Wildman–Crippen LogP) is 3.35. The second kappa shape index (κ2) is 7.10. The molecule has 142 valence electrons. The Kier molecular flexibility index (Phi) is 5.15. The van der Waals surface area contributed by atoms with E-state index < -0.39 is 24.4 Å². The Labute approximate surface area is 160 Å². The Morgan fingerprint density at radius 3 is 2.11 bits per heavy atom. The monoisotopic (exact) mass is 369 g/mol. The number of hydrogen-bond acceptors (Lipinski definition) is 3. The van der Waals surface area contributed by atoms with Crippen molar-refractivity contribution in [2.75, 3.05) is 0 Å². The first kappa shape index (κ1) is 19.6. The van der Waals surface area contributed by atoms with Gasteiger partial charge in [-0.15, -0.1) is 0 Å². The first-order valence-corrected chi connectivity index (χ1v) is 9.07. The molecular formula is C21H25BFNO3. The van der Waals surface area contributed by atoms with Crippen molar-refractivity contribution in [1.29, 1.82) is 0 Å². The summed E-state index contributed by atoms with van der Waals surface area (Å²) >= 11 is 0. The summed E-state index contributed by atoms with van der Waals surface area (Å²) in [4.78, 5) is 11.7. The third kappa shape index (κ3) is 4.07. The van der Waals surface area contributed by atoms with Crippen LogP contribution in [0.4, 0.5) is 4.39 Å². The zero-order valence-electron chi connectivity index (χ0n) is 16.4. The fourth-order valence-electron chi connectivity index (χ4n) is 3.07. The Balaban J connectivity index is 1.87. The summed E-state index contributed by atoms with van der Waals surface area (Å²) < 4.78 is 25.8. The molecule has 0 saturated carbocycles. The van der Waals surface area contributed by atoms with E-state index in [-0.39, 0.29) is 11.7 Å². The van der Waals surface area contributed by atoms with Crippen LogP contribution in [0.3, 0.4) is 0 Å². The molecule has 0 aliphatic carbocycles. The van der Waals surface area contributed by atoms with Gasteiger partial charge in [-0.3, -0.25) is 4.79 Å². The smallest absolute Gasteiger partial charge is 0.399 e. The molecule has 1 atom stereocenters. The Hall–Kier alpha value is -2.18. The van der Waals surface area contributed by atoms with Crippen LogP contribution < -0.4 is 10.8 Å². The fraction of sp³-hybridized carbons (Fsp3) is 0.381. The zero-order valence-corrected chi connectivity index (χ0v) is 16.4. The van der Waals surface area contributed by atoms with E-state index in [2.05, 4.69) is 5.32 Å². The molecule has 1 heterocycles. The minimum atomic E-state index is -0.447. The number of carbonyl (C=O) groups excluding carboxylic acids is 1. The third-order valence-corrected chi connectivity index (χ3v) is 5.32. The molecule has 1 saturated heterocycles. The molecule has 0 radical (unpaired) electrons. The van der Waals surface area contributed by atoms with Gasteiger partial charge in [0, 0.05) is 6.92 Å². The largest absolute Gasteiger partial charge is 0.494 e. The lowest BCUT2D eigenvalue weighted by atomic mass is 9.78. The molecule has 0 bridgehead atoms. The second-order valence-electron chi connectivity index (χ2n) is 7.94. The summed E-state index contributed by atoms with van der Waals surface area (Å²) in [6.07, 6.45) is 0. The Morgan fingerprint density at radius 1 is 1.00 bits per heavy atom. The van der Waals surface area contributed by atoms with Gasteiger partial charge in [-0.2, -0.15) is 0 Å². The van der Waals surface area contributed by atoms with Gasteiger partial charge in [-0.05, 0) is 56.4 Å². The van der Waals surface area contributed by atoms with Crippen molar-refractivity contribution in [1.82, 2.24) is 5.32 Å². The highest BCUT2D eigenvalue weighted by Crippen LogP contribution is 2.36. The molecule has 27 heavy (non-hydrogen) atoms. The van der Waals surface area contributed by atoms with Crippen molar-refractivity contribution < 1.29 is 18.5 Å². The van der Waals surface area contributed by atoms with E-state index in [0.29, 0.717) is 5.56 Å². The SMILES string of the molecule is CC(=O)N[C@H](c1ccc(B2OC(C)(C)C(C)(C)O2)cc1)c1cccc(F)c1. The minimum absolute atomic E-state index is 0.181. The predicted molar refractivity (Wildman–Crippen MR) is 104 cm³/mol. The number of hydrogen-bond donors (Lipinski definition) is 1. The summed E-state index contributed by atoms with van der Waals surface area (Å²) in [5.41, 5.74) is 1.63. The van der Waals surface area contributed by atoms with Crippen LogP contribution in [0.1, 0.15) is 51.8 Å². The molecule has 1 N–H and O–H groups in total. The molecule has 0 aromatic heterocycles. The highest BCUT2D eigenvalue weighted by atomic mass is 19.1. The zero-order chi connectivity index (χ0) is 19.8. The van der Waals surface area contributed by atoms with Gasteiger partial charge >= 0.3 is 7.12 Å². The van der Waals surface area contributed by atoms with Gasteiger partial charge in [0.15, 0.2) is 0 Å². The van der Waals surface area contributed by atoms with Gasteiger partial charge in [0.25, 0.3) is 0 Å². The average molecular weight is 369 g/mol. The molecule has 3 rings (SSSR count). The van der Waals surface area contributed by atoms with Crippen LogP contribution in [-0.2, 0) is 14.1 Å².